The van der Waals surface area contributed by atoms with Crippen molar-refractivity contribution in [2.75, 3.05) is 18.5 Å². The average Bonchev–Trinajstić information content (AvgIpc) is 2.62. The number of carbonyl (C=O) groups excluding carboxylic acids is 1. The monoisotopic (exact) mass is 339 g/mol. The zero-order valence-corrected chi connectivity index (χ0v) is 14.1. The highest BCUT2D eigenvalue weighted by molar-refractivity contribution is 6.04. The maximum Gasteiger partial charge on any atom is 0.335 e. The summed E-state index contributed by atoms with van der Waals surface area (Å²) in [7, 11) is 0. The number of rotatable bonds is 4. The van der Waals surface area contributed by atoms with Gasteiger partial charge in [0.1, 0.15) is 0 Å². The largest absolute Gasteiger partial charge is 0.478 e. The molecule has 1 aliphatic rings. The first-order valence-electron chi connectivity index (χ1n) is 8.37. The van der Waals surface area contributed by atoms with Crippen molar-refractivity contribution < 1.29 is 19.4 Å². The molecule has 0 atom stereocenters. The molecule has 2 N–H and O–H groups in total. The Kier molecular flexibility index (Phi) is 5.14. The van der Waals surface area contributed by atoms with Gasteiger partial charge in [0.25, 0.3) is 5.91 Å². The molecule has 0 aliphatic carbocycles. The minimum atomic E-state index is -0.973. The van der Waals surface area contributed by atoms with E-state index in [1.165, 1.54) is 11.6 Å². The van der Waals surface area contributed by atoms with Crippen LogP contribution in [-0.2, 0) is 4.74 Å². The zero-order chi connectivity index (χ0) is 17.8. The number of carbonyl (C=O) groups is 2. The summed E-state index contributed by atoms with van der Waals surface area (Å²) in [6.07, 6.45) is 2.03. The molecule has 5 heteroatoms. The van der Waals surface area contributed by atoms with E-state index in [4.69, 9.17) is 9.84 Å². The van der Waals surface area contributed by atoms with Crippen LogP contribution in [0.3, 0.4) is 0 Å². The second-order valence-corrected chi connectivity index (χ2v) is 6.30. The molecule has 0 spiro atoms. The van der Waals surface area contributed by atoms with Crippen LogP contribution in [-0.4, -0.2) is 30.2 Å². The van der Waals surface area contributed by atoms with Crippen molar-refractivity contribution in [1.82, 2.24) is 0 Å². The number of carboxylic acid groups (broad SMARTS) is 1. The van der Waals surface area contributed by atoms with Crippen molar-refractivity contribution in [2.24, 2.45) is 0 Å². The third-order valence-electron chi connectivity index (χ3n) is 4.58. The number of hydrogen-bond acceptors (Lipinski definition) is 3. The van der Waals surface area contributed by atoms with E-state index in [0.717, 1.165) is 26.1 Å². The smallest absolute Gasteiger partial charge is 0.335 e. The molecule has 2 aromatic rings. The van der Waals surface area contributed by atoms with Crippen LogP contribution in [0.2, 0.25) is 0 Å². The van der Waals surface area contributed by atoms with Gasteiger partial charge in [0, 0.05) is 24.5 Å². The van der Waals surface area contributed by atoms with Crippen molar-refractivity contribution in [1.29, 1.82) is 0 Å². The second-order valence-electron chi connectivity index (χ2n) is 6.30. The Morgan fingerprint density at radius 1 is 1.08 bits per heavy atom. The first-order valence-corrected chi connectivity index (χ1v) is 8.37. The average molecular weight is 339 g/mol. The van der Waals surface area contributed by atoms with E-state index >= 15 is 0 Å². The number of carboxylic acids is 1. The molecule has 0 aromatic heterocycles. The van der Waals surface area contributed by atoms with Gasteiger partial charge in [0.05, 0.1) is 5.56 Å². The van der Waals surface area contributed by atoms with Crippen LogP contribution < -0.4 is 5.32 Å². The van der Waals surface area contributed by atoms with Crippen LogP contribution >= 0.6 is 0 Å². The van der Waals surface area contributed by atoms with E-state index in [0.29, 0.717) is 22.7 Å². The number of hydrogen-bond donors (Lipinski definition) is 2. The summed E-state index contributed by atoms with van der Waals surface area (Å²) in [5.41, 5.74) is 3.25. The van der Waals surface area contributed by atoms with Crippen LogP contribution in [0, 0.1) is 6.92 Å². The predicted octanol–water partition coefficient (Wildman–Crippen LogP) is 3.84. The van der Waals surface area contributed by atoms with Gasteiger partial charge in [0.15, 0.2) is 0 Å². The van der Waals surface area contributed by atoms with Gasteiger partial charge in [0.2, 0.25) is 0 Å². The molecule has 1 heterocycles. The molecule has 0 bridgehead atoms. The fraction of sp³-hybridized carbons (Fsp3) is 0.300. The molecule has 5 nitrogen and oxygen atoms in total. The number of nitrogens with one attached hydrogen (secondary N) is 1. The van der Waals surface area contributed by atoms with Crippen molar-refractivity contribution in [3.63, 3.8) is 0 Å². The highest BCUT2D eigenvalue weighted by atomic mass is 16.5. The van der Waals surface area contributed by atoms with E-state index < -0.39 is 5.97 Å². The lowest BCUT2D eigenvalue weighted by Gasteiger charge is -2.22. The van der Waals surface area contributed by atoms with E-state index in [-0.39, 0.29) is 11.5 Å². The third-order valence-corrected chi connectivity index (χ3v) is 4.58. The van der Waals surface area contributed by atoms with Gasteiger partial charge in [-0.15, -0.1) is 0 Å². The molecule has 2 aromatic carbocycles. The first-order chi connectivity index (χ1) is 12.0. The first kappa shape index (κ1) is 17.2. The van der Waals surface area contributed by atoms with Crippen molar-refractivity contribution in [2.45, 2.75) is 25.7 Å². The summed E-state index contributed by atoms with van der Waals surface area (Å²) in [5.74, 6) is -0.683. The zero-order valence-electron chi connectivity index (χ0n) is 14.1. The molecule has 1 aliphatic heterocycles. The van der Waals surface area contributed by atoms with Crippen LogP contribution in [0.15, 0.2) is 42.5 Å². The highest BCUT2D eigenvalue weighted by Gasteiger charge is 2.16. The van der Waals surface area contributed by atoms with E-state index in [2.05, 4.69) is 5.32 Å². The lowest BCUT2D eigenvalue weighted by Crippen LogP contribution is -2.15. The van der Waals surface area contributed by atoms with E-state index in [9.17, 15) is 9.59 Å². The summed E-state index contributed by atoms with van der Waals surface area (Å²) >= 11 is 0. The Morgan fingerprint density at radius 3 is 2.36 bits per heavy atom. The summed E-state index contributed by atoms with van der Waals surface area (Å²) in [4.78, 5) is 23.4. The Hall–Kier alpha value is -2.66. The SMILES string of the molecule is Cc1cc(NC(=O)c2ccc(C3CCOCC3)cc2)ccc1C(=O)O. The van der Waals surface area contributed by atoms with Gasteiger partial charge in [-0.2, -0.15) is 0 Å². The van der Waals surface area contributed by atoms with Crippen molar-refractivity contribution in [3.8, 4) is 0 Å². The minimum Gasteiger partial charge on any atom is -0.478 e. The normalized spacial score (nSPS) is 14.9. The molecule has 25 heavy (non-hydrogen) atoms. The fourth-order valence-corrected chi connectivity index (χ4v) is 3.12. The fourth-order valence-electron chi connectivity index (χ4n) is 3.12. The Balaban J connectivity index is 1.68. The van der Waals surface area contributed by atoms with Crippen LogP contribution in [0.1, 0.15) is 50.6 Å². The van der Waals surface area contributed by atoms with E-state index in [1.54, 1.807) is 19.1 Å². The number of aromatic carboxylic acids is 1. The maximum atomic E-state index is 12.4. The summed E-state index contributed by atoms with van der Waals surface area (Å²) in [6.45, 7) is 3.29. The molecule has 1 fully saturated rings. The molecule has 130 valence electrons. The number of ether oxygens (including phenoxy) is 1. The number of anilines is 1. The van der Waals surface area contributed by atoms with Crippen LogP contribution in [0.5, 0.6) is 0 Å². The standard InChI is InChI=1S/C20H21NO4/c1-13-12-17(6-7-18(13)20(23)24)21-19(22)16-4-2-14(3-5-16)15-8-10-25-11-9-15/h2-7,12,15H,8-11H2,1H3,(H,21,22)(H,23,24). The summed E-state index contributed by atoms with van der Waals surface area (Å²) in [5, 5.41) is 11.9. The Morgan fingerprint density at radius 2 is 1.76 bits per heavy atom. The second kappa shape index (κ2) is 7.49. The molecule has 1 saturated heterocycles. The van der Waals surface area contributed by atoms with Gasteiger partial charge >= 0.3 is 5.97 Å². The number of aryl methyl sites for hydroxylation is 1. The van der Waals surface area contributed by atoms with Crippen molar-refractivity contribution >= 4 is 17.6 Å². The molecular weight excluding hydrogens is 318 g/mol. The molecule has 0 saturated carbocycles. The lowest BCUT2D eigenvalue weighted by molar-refractivity contribution is 0.0696. The Bertz CT molecular complexity index is 777. The third kappa shape index (κ3) is 4.06. The summed E-state index contributed by atoms with van der Waals surface area (Å²) < 4.78 is 5.38. The summed E-state index contributed by atoms with van der Waals surface area (Å²) in [6, 6.07) is 12.4. The topological polar surface area (TPSA) is 75.6 Å². The predicted molar refractivity (Wildman–Crippen MR) is 95.3 cm³/mol. The van der Waals surface area contributed by atoms with Gasteiger partial charge in [-0.05, 0) is 67.1 Å². The van der Waals surface area contributed by atoms with Gasteiger partial charge in [-0.3, -0.25) is 4.79 Å². The molecule has 3 rings (SSSR count). The number of benzene rings is 2. The molecule has 0 unspecified atom stereocenters. The number of amides is 1. The van der Waals surface area contributed by atoms with Gasteiger partial charge in [-0.1, -0.05) is 12.1 Å². The maximum absolute atomic E-state index is 12.4. The van der Waals surface area contributed by atoms with Gasteiger partial charge < -0.3 is 15.2 Å². The van der Waals surface area contributed by atoms with Crippen LogP contribution in [0.4, 0.5) is 5.69 Å². The molecule has 1 amide bonds. The highest BCUT2D eigenvalue weighted by Crippen LogP contribution is 2.27. The molecular formula is C20H21NO4. The lowest BCUT2D eigenvalue weighted by atomic mass is 9.91. The van der Waals surface area contributed by atoms with Crippen molar-refractivity contribution in [3.05, 3.63) is 64.7 Å². The quantitative estimate of drug-likeness (QED) is 0.887. The van der Waals surface area contributed by atoms with E-state index in [1.807, 2.05) is 24.3 Å². The minimum absolute atomic E-state index is 0.207. The Labute approximate surface area is 146 Å². The van der Waals surface area contributed by atoms with Gasteiger partial charge in [-0.25, -0.2) is 4.79 Å². The molecule has 0 radical (unpaired) electrons. The van der Waals surface area contributed by atoms with Crippen LogP contribution in [0.25, 0.3) is 0 Å².